The smallest absolute Gasteiger partial charge is 0.0606 e. The van der Waals surface area contributed by atoms with E-state index in [-0.39, 0.29) is 6.61 Å². The van der Waals surface area contributed by atoms with Crippen molar-refractivity contribution in [2.24, 2.45) is 0 Å². The zero-order valence-electron chi connectivity index (χ0n) is 13.1. The number of benzene rings is 2. The van der Waals surface area contributed by atoms with Gasteiger partial charge in [0.25, 0.3) is 0 Å². The molecule has 2 N–H and O–H groups in total. The zero-order valence-corrected chi connectivity index (χ0v) is 13.1. The van der Waals surface area contributed by atoms with Gasteiger partial charge in [-0.05, 0) is 54.8 Å². The molecule has 112 valence electrons. The monoisotopic (exact) mass is 284 g/mol. The van der Waals surface area contributed by atoms with Crippen molar-refractivity contribution >= 4 is 11.4 Å². The topological polar surface area (TPSA) is 35.5 Å². The summed E-state index contributed by atoms with van der Waals surface area (Å²) >= 11 is 0. The molecule has 3 nitrogen and oxygen atoms in total. The van der Waals surface area contributed by atoms with E-state index in [1.807, 2.05) is 11.9 Å². The van der Waals surface area contributed by atoms with Gasteiger partial charge in [0.1, 0.15) is 0 Å². The fourth-order valence-electron chi connectivity index (χ4n) is 2.43. The van der Waals surface area contributed by atoms with Crippen molar-refractivity contribution in [3.8, 4) is 0 Å². The third-order valence-electron chi connectivity index (χ3n) is 3.86. The molecule has 0 radical (unpaired) electrons. The first-order valence-corrected chi connectivity index (χ1v) is 7.33. The lowest BCUT2D eigenvalue weighted by atomic mass is 10.0. The van der Waals surface area contributed by atoms with Gasteiger partial charge >= 0.3 is 0 Å². The summed E-state index contributed by atoms with van der Waals surface area (Å²) in [7, 11) is 1.98. The SMILES string of the molecule is Cc1cccc(C)c1CNc1ccc(N(C)CCO)cc1. The molecular weight excluding hydrogens is 260 g/mol. The molecule has 0 saturated carbocycles. The normalized spacial score (nSPS) is 10.5. The van der Waals surface area contributed by atoms with Gasteiger partial charge in [-0.25, -0.2) is 0 Å². The second-order valence-corrected chi connectivity index (χ2v) is 5.42. The molecule has 0 fully saturated rings. The Morgan fingerprint density at radius 2 is 1.62 bits per heavy atom. The molecule has 2 rings (SSSR count). The predicted molar refractivity (Wildman–Crippen MR) is 90.0 cm³/mol. The number of aryl methyl sites for hydroxylation is 2. The highest BCUT2D eigenvalue weighted by molar-refractivity contribution is 5.55. The third kappa shape index (κ3) is 3.99. The summed E-state index contributed by atoms with van der Waals surface area (Å²) in [5.74, 6) is 0. The van der Waals surface area contributed by atoms with Gasteiger partial charge in [0.15, 0.2) is 0 Å². The molecule has 0 bridgehead atoms. The minimum Gasteiger partial charge on any atom is -0.395 e. The van der Waals surface area contributed by atoms with E-state index in [0.29, 0.717) is 6.54 Å². The van der Waals surface area contributed by atoms with Crippen molar-refractivity contribution in [2.45, 2.75) is 20.4 Å². The first-order chi connectivity index (χ1) is 10.1. The summed E-state index contributed by atoms with van der Waals surface area (Å²) in [6, 6.07) is 14.7. The summed E-state index contributed by atoms with van der Waals surface area (Å²) in [6.45, 7) is 5.95. The van der Waals surface area contributed by atoms with Crippen LogP contribution in [0.3, 0.4) is 0 Å². The minimum atomic E-state index is 0.170. The second kappa shape index (κ2) is 7.14. The number of likely N-dealkylation sites (N-methyl/N-ethyl adjacent to an activating group) is 1. The largest absolute Gasteiger partial charge is 0.395 e. The lowest BCUT2D eigenvalue weighted by Crippen LogP contribution is -2.20. The average molecular weight is 284 g/mol. The van der Waals surface area contributed by atoms with Crippen LogP contribution in [0.25, 0.3) is 0 Å². The van der Waals surface area contributed by atoms with Crippen LogP contribution in [0.5, 0.6) is 0 Å². The molecule has 0 unspecified atom stereocenters. The highest BCUT2D eigenvalue weighted by atomic mass is 16.3. The number of rotatable bonds is 6. The van der Waals surface area contributed by atoms with Gasteiger partial charge in [-0.1, -0.05) is 18.2 Å². The number of aliphatic hydroxyl groups excluding tert-OH is 1. The van der Waals surface area contributed by atoms with E-state index in [2.05, 4.69) is 61.6 Å². The van der Waals surface area contributed by atoms with Crippen molar-refractivity contribution in [3.05, 3.63) is 59.2 Å². The Hall–Kier alpha value is -2.00. The first-order valence-electron chi connectivity index (χ1n) is 7.33. The van der Waals surface area contributed by atoms with Crippen molar-refractivity contribution in [3.63, 3.8) is 0 Å². The molecule has 0 saturated heterocycles. The van der Waals surface area contributed by atoms with E-state index in [0.717, 1.165) is 17.9 Å². The molecule has 0 spiro atoms. The molecule has 2 aromatic carbocycles. The van der Waals surface area contributed by atoms with E-state index in [1.165, 1.54) is 16.7 Å². The van der Waals surface area contributed by atoms with Gasteiger partial charge in [-0.2, -0.15) is 0 Å². The molecule has 0 aliphatic rings. The Labute approximate surface area is 127 Å². The van der Waals surface area contributed by atoms with Crippen LogP contribution in [-0.4, -0.2) is 25.3 Å². The fourth-order valence-corrected chi connectivity index (χ4v) is 2.43. The van der Waals surface area contributed by atoms with E-state index >= 15 is 0 Å². The molecule has 0 aliphatic heterocycles. The first kappa shape index (κ1) is 15.4. The minimum absolute atomic E-state index is 0.170. The Kier molecular flexibility index (Phi) is 5.23. The molecule has 2 aromatic rings. The fraction of sp³-hybridized carbons (Fsp3) is 0.333. The number of aliphatic hydroxyl groups is 1. The van der Waals surface area contributed by atoms with Crippen LogP contribution in [0.2, 0.25) is 0 Å². The maximum Gasteiger partial charge on any atom is 0.0606 e. The second-order valence-electron chi connectivity index (χ2n) is 5.42. The van der Waals surface area contributed by atoms with Crippen molar-refractivity contribution in [1.29, 1.82) is 0 Å². The number of hydrogen-bond donors (Lipinski definition) is 2. The van der Waals surface area contributed by atoms with Crippen LogP contribution >= 0.6 is 0 Å². The van der Waals surface area contributed by atoms with Crippen LogP contribution < -0.4 is 10.2 Å². The number of hydrogen-bond acceptors (Lipinski definition) is 3. The summed E-state index contributed by atoms with van der Waals surface area (Å²) in [6.07, 6.45) is 0. The Morgan fingerprint density at radius 1 is 1.00 bits per heavy atom. The Morgan fingerprint density at radius 3 is 2.19 bits per heavy atom. The highest BCUT2D eigenvalue weighted by Gasteiger charge is 2.03. The number of nitrogens with zero attached hydrogens (tertiary/aromatic N) is 1. The van der Waals surface area contributed by atoms with Crippen LogP contribution in [0.15, 0.2) is 42.5 Å². The van der Waals surface area contributed by atoms with E-state index in [4.69, 9.17) is 5.11 Å². The summed E-state index contributed by atoms with van der Waals surface area (Å²) in [5, 5.41) is 12.4. The van der Waals surface area contributed by atoms with E-state index < -0.39 is 0 Å². The third-order valence-corrected chi connectivity index (χ3v) is 3.86. The molecule has 0 heterocycles. The molecule has 0 atom stereocenters. The van der Waals surface area contributed by atoms with Crippen LogP contribution in [0, 0.1) is 13.8 Å². The highest BCUT2D eigenvalue weighted by Crippen LogP contribution is 2.19. The van der Waals surface area contributed by atoms with Gasteiger partial charge in [-0.3, -0.25) is 0 Å². The number of nitrogens with one attached hydrogen (secondary N) is 1. The molecule has 3 heteroatoms. The lowest BCUT2D eigenvalue weighted by molar-refractivity contribution is 0.304. The van der Waals surface area contributed by atoms with Crippen molar-refractivity contribution < 1.29 is 5.11 Å². The zero-order chi connectivity index (χ0) is 15.2. The molecule has 0 amide bonds. The maximum absolute atomic E-state index is 8.96. The Bertz CT molecular complexity index is 558. The Balaban J connectivity index is 2.01. The molecule has 21 heavy (non-hydrogen) atoms. The number of anilines is 2. The van der Waals surface area contributed by atoms with Crippen LogP contribution in [0.4, 0.5) is 11.4 Å². The van der Waals surface area contributed by atoms with Crippen LogP contribution in [0.1, 0.15) is 16.7 Å². The quantitative estimate of drug-likeness (QED) is 0.854. The van der Waals surface area contributed by atoms with E-state index in [1.54, 1.807) is 0 Å². The van der Waals surface area contributed by atoms with Crippen molar-refractivity contribution in [2.75, 3.05) is 30.4 Å². The summed E-state index contributed by atoms with van der Waals surface area (Å²) < 4.78 is 0. The van der Waals surface area contributed by atoms with Gasteiger partial charge in [0, 0.05) is 31.5 Å². The maximum atomic E-state index is 8.96. The van der Waals surface area contributed by atoms with Gasteiger partial charge in [-0.15, -0.1) is 0 Å². The standard InChI is InChI=1S/C18H24N2O/c1-14-5-4-6-15(2)18(14)13-19-16-7-9-17(10-8-16)20(3)11-12-21/h4-10,19,21H,11-13H2,1-3H3. The summed E-state index contributed by atoms with van der Waals surface area (Å²) in [4.78, 5) is 2.04. The summed E-state index contributed by atoms with van der Waals surface area (Å²) in [5.41, 5.74) is 6.23. The predicted octanol–water partition coefficient (Wildman–Crippen LogP) is 3.34. The van der Waals surface area contributed by atoms with Gasteiger partial charge < -0.3 is 15.3 Å². The van der Waals surface area contributed by atoms with Gasteiger partial charge in [0.2, 0.25) is 0 Å². The van der Waals surface area contributed by atoms with Crippen LogP contribution in [-0.2, 0) is 6.54 Å². The molecular formula is C18H24N2O. The van der Waals surface area contributed by atoms with E-state index in [9.17, 15) is 0 Å². The lowest BCUT2D eigenvalue weighted by Gasteiger charge is -2.18. The average Bonchev–Trinajstić information content (AvgIpc) is 2.47. The molecule has 0 aliphatic carbocycles. The molecule has 0 aromatic heterocycles. The van der Waals surface area contributed by atoms with Crippen molar-refractivity contribution in [1.82, 2.24) is 0 Å². The van der Waals surface area contributed by atoms with Gasteiger partial charge in [0.05, 0.1) is 6.61 Å².